The van der Waals surface area contributed by atoms with E-state index < -0.39 is 7.12 Å². The minimum Gasteiger partial charge on any atom is -0.423 e. The van der Waals surface area contributed by atoms with Gasteiger partial charge in [0.1, 0.15) is 31.4 Å². The SMILES string of the molecule is Bc1c(B)c(B)c(-n2c3ccccc3c3ccccc32)c(B(O)O)c1B. The molecule has 0 unspecified atom stereocenters. The second-order valence-corrected chi connectivity index (χ2v) is 7.01. The van der Waals surface area contributed by atoms with Gasteiger partial charge in [-0.05, 0) is 17.6 Å². The third-order valence-electron chi connectivity index (χ3n) is 5.76. The van der Waals surface area contributed by atoms with E-state index in [1.165, 1.54) is 5.46 Å². The van der Waals surface area contributed by atoms with Crippen LogP contribution < -0.4 is 27.3 Å². The normalized spacial score (nSPS) is 11.3. The minimum atomic E-state index is -1.53. The molecule has 4 aromatic rings. The first kappa shape index (κ1) is 17.1. The summed E-state index contributed by atoms with van der Waals surface area (Å²) in [6, 6.07) is 16.5. The Balaban J connectivity index is 2.28. The van der Waals surface area contributed by atoms with Gasteiger partial charge in [-0.1, -0.05) is 52.8 Å². The summed E-state index contributed by atoms with van der Waals surface area (Å²) in [5, 5.41) is 22.7. The van der Waals surface area contributed by atoms with Crippen LogP contribution >= 0.6 is 0 Å². The fourth-order valence-corrected chi connectivity index (χ4v) is 4.09. The molecule has 122 valence electrons. The summed E-state index contributed by atoms with van der Waals surface area (Å²) in [6.07, 6.45) is 0. The molecule has 0 radical (unpaired) electrons. The van der Waals surface area contributed by atoms with E-state index in [9.17, 15) is 10.0 Å². The molecular formula is C18H18B5NO2. The molecular weight excluding hydrogens is 316 g/mol. The Hall–Kier alpha value is -2.30. The van der Waals surface area contributed by atoms with E-state index in [0.29, 0.717) is 5.46 Å². The van der Waals surface area contributed by atoms with Gasteiger partial charge in [0.2, 0.25) is 0 Å². The van der Waals surface area contributed by atoms with Crippen molar-refractivity contribution in [3.05, 3.63) is 48.5 Å². The number of fused-ring (bicyclic) bond motifs is 3. The maximum Gasteiger partial charge on any atom is 0.489 e. The number of nitrogens with zero attached hydrogens (tertiary/aromatic N) is 1. The quantitative estimate of drug-likeness (QED) is 0.363. The molecule has 4 rings (SSSR count). The van der Waals surface area contributed by atoms with E-state index in [1.807, 2.05) is 40.0 Å². The highest BCUT2D eigenvalue weighted by Gasteiger charge is 2.26. The molecule has 0 aliphatic rings. The highest BCUT2D eigenvalue weighted by Crippen LogP contribution is 2.30. The van der Waals surface area contributed by atoms with Crippen molar-refractivity contribution >= 4 is 87.6 Å². The molecule has 0 atom stereocenters. The van der Waals surface area contributed by atoms with Crippen molar-refractivity contribution in [1.29, 1.82) is 0 Å². The topological polar surface area (TPSA) is 45.4 Å². The average Bonchev–Trinajstić information content (AvgIpc) is 2.97. The lowest BCUT2D eigenvalue weighted by Crippen LogP contribution is -2.60. The fourth-order valence-electron chi connectivity index (χ4n) is 4.09. The molecule has 26 heavy (non-hydrogen) atoms. The van der Waals surface area contributed by atoms with Crippen LogP contribution in [0.4, 0.5) is 0 Å². The molecule has 1 aromatic heterocycles. The van der Waals surface area contributed by atoms with Gasteiger partial charge in [-0.15, -0.1) is 5.46 Å². The zero-order chi connectivity index (χ0) is 18.6. The zero-order valence-electron chi connectivity index (χ0n) is 15.5. The Kier molecular flexibility index (Phi) is 4.05. The van der Waals surface area contributed by atoms with Crippen LogP contribution in [-0.2, 0) is 0 Å². The Bertz CT molecular complexity index is 1120. The summed E-state index contributed by atoms with van der Waals surface area (Å²) in [4.78, 5) is 0. The Morgan fingerprint density at radius 3 is 1.62 bits per heavy atom. The third kappa shape index (κ3) is 2.29. The minimum absolute atomic E-state index is 0.581. The fraction of sp³-hybridized carbons (Fsp3) is 0. The van der Waals surface area contributed by atoms with Gasteiger partial charge in [-0.2, -0.15) is 0 Å². The standard InChI is InChI=1S/C18H18B5NO2/c19-13-14(20)16(22)18(17(15(13)21)23(25)26)24-11-7-3-1-5-9(11)10-6-2-4-8-12(10)24/h1-8,25-26H,19-22H2. The van der Waals surface area contributed by atoms with E-state index in [4.69, 9.17) is 0 Å². The van der Waals surface area contributed by atoms with Gasteiger partial charge in [0.15, 0.2) is 0 Å². The van der Waals surface area contributed by atoms with E-state index in [2.05, 4.69) is 44.5 Å². The highest BCUT2D eigenvalue weighted by molar-refractivity contribution is 6.74. The number of para-hydroxylation sites is 2. The van der Waals surface area contributed by atoms with Gasteiger partial charge in [0.25, 0.3) is 0 Å². The Morgan fingerprint density at radius 1 is 0.654 bits per heavy atom. The molecule has 0 spiro atoms. The number of hydrogen-bond acceptors (Lipinski definition) is 2. The molecule has 3 nitrogen and oxygen atoms in total. The molecule has 1 heterocycles. The number of aromatic nitrogens is 1. The first-order chi connectivity index (χ1) is 12.4. The maximum atomic E-state index is 10.2. The highest BCUT2D eigenvalue weighted by atomic mass is 16.4. The second kappa shape index (κ2) is 6.15. The van der Waals surface area contributed by atoms with Crippen LogP contribution in [0, 0.1) is 0 Å². The van der Waals surface area contributed by atoms with E-state index >= 15 is 0 Å². The first-order valence-electron chi connectivity index (χ1n) is 8.88. The van der Waals surface area contributed by atoms with Crippen LogP contribution in [0.15, 0.2) is 48.5 Å². The van der Waals surface area contributed by atoms with Crippen LogP contribution in [0.25, 0.3) is 27.5 Å². The zero-order valence-corrected chi connectivity index (χ0v) is 15.5. The molecule has 0 amide bonds. The molecule has 8 heteroatoms. The van der Waals surface area contributed by atoms with Crippen LogP contribution in [0.3, 0.4) is 0 Å². The molecule has 2 N–H and O–H groups in total. The maximum absolute atomic E-state index is 10.2. The van der Waals surface area contributed by atoms with Crippen molar-refractivity contribution in [2.75, 3.05) is 0 Å². The van der Waals surface area contributed by atoms with Gasteiger partial charge in [-0.3, -0.25) is 0 Å². The smallest absolute Gasteiger partial charge is 0.423 e. The number of rotatable bonds is 2. The van der Waals surface area contributed by atoms with Crippen molar-refractivity contribution < 1.29 is 10.0 Å². The van der Waals surface area contributed by atoms with E-state index in [-0.39, 0.29) is 0 Å². The van der Waals surface area contributed by atoms with Crippen molar-refractivity contribution in [3.8, 4) is 5.69 Å². The van der Waals surface area contributed by atoms with Crippen LogP contribution in [0.5, 0.6) is 0 Å². The lowest BCUT2D eigenvalue weighted by molar-refractivity contribution is 0.426. The van der Waals surface area contributed by atoms with Gasteiger partial charge >= 0.3 is 7.12 Å². The van der Waals surface area contributed by atoms with Crippen molar-refractivity contribution in [2.24, 2.45) is 0 Å². The molecule has 0 bridgehead atoms. The predicted octanol–water partition coefficient (Wildman–Crippen LogP) is -4.50. The molecule has 3 aromatic carbocycles. The van der Waals surface area contributed by atoms with Gasteiger partial charge in [0, 0.05) is 16.5 Å². The summed E-state index contributed by atoms with van der Waals surface area (Å²) in [5.41, 5.74) is 7.89. The number of benzene rings is 3. The van der Waals surface area contributed by atoms with Crippen LogP contribution in [-0.4, -0.2) is 53.1 Å². The summed E-state index contributed by atoms with van der Waals surface area (Å²) >= 11 is 0. The van der Waals surface area contributed by atoms with Crippen molar-refractivity contribution in [3.63, 3.8) is 0 Å². The largest absolute Gasteiger partial charge is 0.489 e. The third-order valence-corrected chi connectivity index (χ3v) is 5.76. The van der Waals surface area contributed by atoms with E-state index in [1.54, 1.807) is 0 Å². The molecule has 0 aliphatic heterocycles. The Labute approximate surface area is 156 Å². The summed E-state index contributed by atoms with van der Waals surface area (Å²) < 4.78 is 2.17. The predicted molar refractivity (Wildman–Crippen MR) is 123 cm³/mol. The monoisotopic (exact) mass is 335 g/mol. The van der Waals surface area contributed by atoms with Crippen molar-refractivity contribution in [2.45, 2.75) is 0 Å². The van der Waals surface area contributed by atoms with Gasteiger partial charge in [-0.25, -0.2) is 0 Å². The molecule has 0 aliphatic carbocycles. The summed E-state index contributed by atoms with van der Waals surface area (Å²) in [5.74, 6) is 0. The molecule has 0 saturated heterocycles. The molecule has 0 fully saturated rings. The average molecular weight is 334 g/mol. The lowest BCUT2D eigenvalue weighted by Gasteiger charge is -2.23. The molecule has 0 saturated carbocycles. The van der Waals surface area contributed by atoms with Crippen LogP contribution in [0.1, 0.15) is 0 Å². The Morgan fingerprint density at radius 2 is 1.12 bits per heavy atom. The number of hydrogen-bond donors (Lipinski definition) is 2. The summed E-state index contributed by atoms with van der Waals surface area (Å²) in [7, 11) is 6.64. The van der Waals surface area contributed by atoms with Gasteiger partial charge < -0.3 is 14.6 Å². The first-order valence-corrected chi connectivity index (χ1v) is 8.88. The van der Waals surface area contributed by atoms with Crippen LogP contribution in [0.2, 0.25) is 0 Å². The second-order valence-electron chi connectivity index (χ2n) is 7.01. The summed E-state index contributed by atoms with van der Waals surface area (Å²) in [6.45, 7) is 0. The van der Waals surface area contributed by atoms with Gasteiger partial charge in [0.05, 0.1) is 11.0 Å². The van der Waals surface area contributed by atoms with Crippen molar-refractivity contribution in [1.82, 2.24) is 4.57 Å². The van der Waals surface area contributed by atoms with E-state index in [0.717, 1.165) is 43.9 Å². The lowest BCUT2D eigenvalue weighted by atomic mass is 9.58.